The molecule has 0 spiro atoms. The number of aromatic nitrogens is 2. The second-order valence-corrected chi connectivity index (χ2v) is 4.03. The highest BCUT2D eigenvalue weighted by molar-refractivity contribution is 5.97. The van der Waals surface area contributed by atoms with Crippen molar-refractivity contribution >= 4 is 11.9 Å². The molecule has 1 unspecified atom stereocenters. The van der Waals surface area contributed by atoms with E-state index < -0.39 is 17.9 Å². The van der Waals surface area contributed by atoms with Crippen LogP contribution < -0.4 is 5.32 Å². The molecule has 18 heavy (non-hydrogen) atoms. The number of carboxylic acid groups (broad SMARTS) is 1. The fourth-order valence-electron chi connectivity index (χ4n) is 1.60. The van der Waals surface area contributed by atoms with E-state index in [9.17, 15) is 9.59 Å². The molecule has 1 aromatic rings. The van der Waals surface area contributed by atoms with Gasteiger partial charge in [-0.05, 0) is 19.8 Å². The minimum Gasteiger partial charge on any atom is -0.480 e. The van der Waals surface area contributed by atoms with Gasteiger partial charge in [-0.25, -0.2) is 4.79 Å². The van der Waals surface area contributed by atoms with E-state index in [-0.39, 0.29) is 0 Å². The van der Waals surface area contributed by atoms with E-state index >= 15 is 0 Å². The van der Waals surface area contributed by atoms with E-state index in [2.05, 4.69) is 17.0 Å². The molecule has 0 radical (unpaired) electrons. The molecule has 6 nitrogen and oxygen atoms in total. The zero-order valence-electron chi connectivity index (χ0n) is 10.5. The molecule has 0 aliphatic carbocycles. The van der Waals surface area contributed by atoms with Gasteiger partial charge in [0.05, 0.1) is 11.3 Å². The Morgan fingerprint density at radius 1 is 1.67 bits per heavy atom. The summed E-state index contributed by atoms with van der Waals surface area (Å²) < 4.78 is 1.52. The van der Waals surface area contributed by atoms with Gasteiger partial charge in [0.25, 0.3) is 5.91 Å². The summed E-state index contributed by atoms with van der Waals surface area (Å²) in [7, 11) is 1.70. The van der Waals surface area contributed by atoms with Crippen molar-refractivity contribution < 1.29 is 14.7 Å². The number of nitrogens with zero attached hydrogens (tertiary/aromatic N) is 2. The van der Waals surface area contributed by atoms with Gasteiger partial charge in [-0.2, -0.15) is 5.10 Å². The van der Waals surface area contributed by atoms with Crippen molar-refractivity contribution in [3.8, 4) is 0 Å². The van der Waals surface area contributed by atoms with Crippen molar-refractivity contribution in [1.29, 1.82) is 0 Å². The van der Waals surface area contributed by atoms with Crippen LogP contribution in [-0.2, 0) is 11.8 Å². The molecule has 1 aromatic heterocycles. The number of aryl methyl sites for hydroxylation is 2. The largest absolute Gasteiger partial charge is 0.480 e. The summed E-state index contributed by atoms with van der Waals surface area (Å²) in [5, 5.41) is 15.5. The second-order valence-electron chi connectivity index (χ2n) is 4.03. The van der Waals surface area contributed by atoms with Crippen LogP contribution in [0.2, 0.25) is 0 Å². The monoisotopic (exact) mass is 251 g/mol. The third-order valence-electron chi connectivity index (χ3n) is 2.52. The Kier molecular flexibility index (Phi) is 4.65. The van der Waals surface area contributed by atoms with Crippen molar-refractivity contribution in [2.45, 2.75) is 25.8 Å². The number of allylic oxidation sites excluding steroid dienone is 1. The predicted molar refractivity (Wildman–Crippen MR) is 66.3 cm³/mol. The van der Waals surface area contributed by atoms with Crippen LogP contribution in [0.5, 0.6) is 0 Å². The Hall–Kier alpha value is -2.11. The number of nitrogens with one attached hydrogen (secondary N) is 1. The van der Waals surface area contributed by atoms with E-state index in [0.29, 0.717) is 24.1 Å². The lowest BCUT2D eigenvalue weighted by molar-refractivity contribution is -0.139. The van der Waals surface area contributed by atoms with Gasteiger partial charge < -0.3 is 10.4 Å². The van der Waals surface area contributed by atoms with Crippen molar-refractivity contribution in [2.75, 3.05) is 0 Å². The van der Waals surface area contributed by atoms with Crippen molar-refractivity contribution in [2.24, 2.45) is 7.05 Å². The van der Waals surface area contributed by atoms with Gasteiger partial charge >= 0.3 is 5.97 Å². The summed E-state index contributed by atoms with van der Waals surface area (Å²) in [6.07, 6.45) is 4.04. The van der Waals surface area contributed by atoms with Crippen LogP contribution >= 0.6 is 0 Å². The topological polar surface area (TPSA) is 84.2 Å². The number of amides is 1. The zero-order chi connectivity index (χ0) is 13.7. The SMILES string of the molecule is C=CCCC(NC(=O)c1cn(C)nc1C)C(=O)O. The maximum atomic E-state index is 11.9. The van der Waals surface area contributed by atoms with E-state index in [1.807, 2.05) is 0 Å². The molecule has 1 heterocycles. The van der Waals surface area contributed by atoms with Crippen molar-refractivity contribution in [1.82, 2.24) is 15.1 Å². The molecule has 98 valence electrons. The smallest absolute Gasteiger partial charge is 0.326 e. The molecular weight excluding hydrogens is 234 g/mol. The average Bonchev–Trinajstić information content (AvgIpc) is 2.63. The maximum Gasteiger partial charge on any atom is 0.326 e. The Morgan fingerprint density at radius 3 is 2.78 bits per heavy atom. The van der Waals surface area contributed by atoms with Crippen molar-refractivity contribution in [3.63, 3.8) is 0 Å². The number of rotatable bonds is 6. The molecule has 1 atom stereocenters. The summed E-state index contributed by atoms with van der Waals surface area (Å²) in [5.41, 5.74) is 0.963. The molecule has 1 rings (SSSR count). The third-order valence-corrected chi connectivity index (χ3v) is 2.52. The first-order chi connectivity index (χ1) is 8.45. The highest BCUT2D eigenvalue weighted by Gasteiger charge is 2.21. The summed E-state index contributed by atoms with van der Waals surface area (Å²) in [6.45, 7) is 5.23. The lowest BCUT2D eigenvalue weighted by atomic mass is 10.1. The molecule has 1 amide bonds. The van der Waals surface area contributed by atoms with Crippen LogP contribution in [0.25, 0.3) is 0 Å². The van der Waals surface area contributed by atoms with Crippen LogP contribution in [0, 0.1) is 6.92 Å². The number of hydrogen-bond donors (Lipinski definition) is 2. The quantitative estimate of drug-likeness (QED) is 0.735. The summed E-state index contributed by atoms with van der Waals surface area (Å²) >= 11 is 0. The van der Waals surface area contributed by atoms with E-state index in [0.717, 1.165) is 0 Å². The first-order valence-electron chi connectivity index (χ1n) is 5.60. The summed E-state index contributed by atoms with van der Waals surface area (Å²) in [5.74, 6) is -1.47. The minimum atomic E-state index is -1.05. The van der Waals surface area contributed by atoms with Crippen LogP contribution in [0.1, 0.15) is 28.9 Å². The molecule has 6 heteroatoms. The Labute approximate surface area is 105 Å². The van der Waals surface area contributed by atoms with E-state index in [4.69, 9.17) is 5.11 Å². The third kappa shape index (κ3) is 3.44. The summed E-state index contributed by atoms with van der Waals surface area (Å²) in [4.78, 5) is 22.9. The standard InChI is InChI=1S/C12H17N3O3/c1-4-5-6-10(12(17)18)13-11(16)9-7-15(3)14-8(9)2/h4,7,10H,1,5-6H2,2-3H3,(H,13,16)(H,17,18). The Morgan fingerprint density at radius 2 is 2.33 bits per heavy atom. The number of hydrogen-bond acceptors (Lipinski definition) is 3. The van der Waals surface area contributed by atoms with Crippen LogP contribution in [0.3, 0.4) is 0 Å². The lowest BCUT2D eigenvalue weighted by Crippen LogP contribution is -2.40. The molecule has 0 aliphatic heterocycles. The molecule has 0 saturated heterocycles. The molecule has 0 fully saturated rings. The number of aliphatic carboxylic acids is 1. The second kappa shape index (κ2) is 6.00. The summed E-state index contributed by atoms with van der Waals surface area (Å²) in [6, 6.07) is -0.907. The van der Waals surface area contributed by atoms with Gasteiger partial charge in [0, 0.05) is 13.2 Å². The number of carbonyl (C=O) groups is 2. The first kappa shape index (κ1) is 14.0. The zero-order valence-corrected chi connectivity index (χ0v) is 10.5. The molecule has 2 N–H and O–H groups in total. The number of carboxylic acids is 1. The highest BCUT2D eigenvalue weighted by Crippen LogP contribution is 2.06. The predicted octanol–water partition coefficient (Wildman–Crippen LogP) is 0.878. The normalized spacial score (nSPS) is 11.9. The maximum absolute atomic E-state index is 11.9. The van der Waals surface area contributed by atoms with E-state index in [1.54, 1.807) is 26.2 Å². The lowest BCUT2D eigenvalue weighted by Gasteiger charge is -2.13. The van der Waals surface area contributed by atoms with Crippen LogP contribution in [0.15, 0.2) is 18.9 Å². The van der Waals surface area contributed by atoms with Gasteiger partial charge in [-0.1, -0.05) is 6.08 Å². The van der Waals surface area contributed by atoms with Crippen LogP contribution in [-0.4, -0.2) is 32.8 Å². The average molecular weight is 251 g/mol. The van der Waals surface area contributed by atoms with E-state index in [1.165, 1.54) is 4.68 Å². The Balaban J connectivity index is 2.75. The first-order valence-corrected chi connectivity index (χ1v) is 5.60. The minimum absolute atomic E-state index is 0.323. The molecule has 0 saturated carbocycles. The molecule has 0 aromatic carbocycles. The molecule has 0 bridgehead atoms. The van der Waals surface area contributed by atoms with Gasteiger partial charge in [0.2, 0.25) is 0 Å². The number of carbonyl (C=O) groups excluding carboxylic acids is 1. The fourth-order valence-corrected chi connectivity index (χ4v) is 1.60. The van der Waals surface area contributed by atoms with Gasteiger partial charge in [0.1, 0.15) is 6.04 Å². The van der Waals surface area contributed by atoms with Gasteiger partial charge in [0.15, 0.2) is 0 Å². The molecule has 0 aliphatic rings. The highest BCUT2D eigenvalue weighted by atomic mass is 16.4. The van der Waals surface area contributed by atoms with Gasteiger partial charge in [-0.15, -0.1) is 6.58 Å². The molecular formula is C12H17N3O3. The van der Waals surface area contributed by atoms with Gasteiger partial charge in [-0.3, -0.25) is 9.48 Å². The van der Waals surface area contributed by atoms with Crippen LogP contribution in [0.4, 0.5) is 0 Å². The fraction of sp³-hybridized carbons (Fsp3) is 0.417. The van der Waals surface area contributed by atoms with Crippen molar-refractivity contribution in [3.05, 3.63) is 30.1 Å². The Bertz CT molecular complexity index is 465.